The maximum Gasteiger partial charge on any atom is 0.251 e. The highest BCUT2D eigenvalue weighted by molar-refractivity contribution is 5.84. The monoisotopic (exact) mass is 449 g/mol. The second-order valence-electron chi connectivity index (χ2n) is 8.57. The molecular formula is C25H28FN5O2. The molecule has 1 amide bonds. The minimum absolute atomic E-state index is 0.0770. The van der Waals surface area contributed by atoms with Crippen LogP contribution in [-0.2, 0) is 16.0 Å². The molecule has 4 rings (SSSR count). The first kappa shape index (κ1) is 22.9. The number of halogens is 1. The SMILES string of the molecule is CC(C)n1ncc2ccc(-c3ccc(CC(C#N)NC(=O)C4CNCCCO4)c(F)c3)cc21. The van der Waals surface area contributed by atoms with Crippen LogP contribution in [0.5, 0.6) is 0 Å². The van der Waals surface area contributed by atoms with Crippen molar-refractivity contribution in [2.75, 3.05) is 19.7 Å². The minimum Gasteiger partial charge on any atom is -0.367 e. The molecule has 2 unspecified atom stereocenters. The van der Waals surface area contributed by atoms with Gasteiger partial charge < -0.3 is 15.4 Å². The molecule has 8 heteroatoms. The average molecular weight is 450 g/mol. The Labute approximate surface area is 192 Å². The molecular weight excluding hydrogens is 421 g/mol. The molecule has 2 N–H and O–H groups in total. The van der Waals surface area contributed by atoms with E-state index in [0.29, 0.717) is 18.7 Å². The molecule has 2 atom stereocenters. The van der Waals surface area contributed by atoms with E-state index in [4.69, 9.17) is 4.74 Å². The molecule has 172 valence electrons. The predicted octanol–water partition coefficient (Wildman–Crippen LogP) is 3.35. The fraction of sp³-hybridized carbons (Fsp3) is 0.400. The molecule has 1 aromatic heterocycles. The lowest BCUT2D eigenvalue weighted by Gasteiger charge is -2.18. The Morgan fingerprint density at radius 1 is 1.33 bits per heavy atom. The first-order chi connectivity index (χ1) is 16.0. The van der Waals surface area contributed by atoms with E-state index in [-0.39, 0.29) is 18.4 Å². The number of amides is 1. The number of hydrogen-bond donors (Lipinski definition) is 2. The van der Waals surface area contributed by atoms with Gasteiger partial charge in [-0.2, -0.15) is 10.4 Å². The summed E-state index contributed by atoms with van der Waals surface area (Å²) in [5.74, 6) is -0.769. The molecule has 1 aliphatic heterocycles. The van der Waals surface area contributed by atoms with Crippen molar-refractivity contribution in [1.29, 1.82) is 5.26 Å². The molecule has 0 saturated carbocycles. The number of nitriles is 1. The zero-order chi connectivity index (χ0) is 23.4. The van der Waals surface area contributed by atoms with Crippen molar-refractivity contribution < 1.29 is 13.9 Å². The highest BCUT2D eigenvalue weighted by atomic mass is 19.1. The lowest BCUT2D eigenvalue weighted by atomic mass is 9.99. The van der Waals surface area contributed by atoms with Crippen molar-refractivity contribution in [1.82, 2.24) is 20.4 Å². The molecule has 2 heterocycles. The molecule has 1 fully saturated rings. The summed E-state index contributed by atoms with van der Waals surface area (Å²) in [7, 11) is 0. The second kappa shape index (κ2) is 10.1. The number of nitrogens with zero attached hydrogens (tertiary/aromatic N) is 3. The lowest BCUT2D eigenvalue weighted by Crippen LogP contribution is -2.46. The van der Waals surface area contributed by atoms with Crippen LogP contribution >= 0.6 is 0 Å². The Balaban J connectivity index is 1.49. The number of carbonyl (C=O) groups excluding carboxylic acids is 1. The van der Waals surface area contributed by atoms with Crippen LogP contribution < -0.4 is 10.6 Å². The molecule has 0 radical (unpaired) electrons. The predicted molar refractivity (Wildman–Crippen MR) is 124 cm³/mol. The van der Waals surface area contributed by atoms with Crippen molar-refractivity contribution in [2.24, 2.45) is 0 Å². The van der Waals surface area contributed by atoms with Crippen LogP contribution in [0.3, 0.4) is 0 Å². The molecule has 33 heavy (non-hydrogen) atoms. The topological polar surface area (TPSA) is 92.0 Å². The fourth-order valence-electron chi connectivity index (χ4n) is 4.02. The second-order valence-corrected chi connectivity index (χ2v) is 8.57. The van der Waals surface area contributed by atoms with Crippen LogP contribution in [0, 0.1) is 17.1 Å². The van der Waals surface area contributed by atoms with Gasteiger partial charge in [0.05, 0.1) is 17.8 Å². The molecule has 1 saturated heterocycles. The zero-order valence-electron chi connectivity index (χ0n) is 18.8. The van der Waals surface area contributed by atoms with E-state index >= 15 is 0 Å². The summed E-state index contributed by atoms with van der Waals surface area (Å²) >= 11 is 0. The van der Waals surface area contributed by atoms with Crippen molar-refractivity contribution in [3.8, 4) is 17.2 Å². The quantitative estimate of drug-likeness (QED) is 0.602. The molecule has 7 nitrogen and oxygen atoms in total. The number of aromatic nitrogens is 2. The number of rotatable bonds is 6. The summed E-state index contributed by atoms with van der Waals surface area (Å²) in [6.07, 6.45) is 2.09. The Kier molecular flexibility index (Phi) is 7.02. The Bertz CT molecular complexity index is 1180. The average Bonchev–Trinajstić information content (AvgIpc) is 3.04. The summed E-state index contributed by atoms with van der Waals surface area (Å²) in [6, 6.07) is 12.4. The van der Waals surface area contributed by atoms with E-state index in [1.54, 1.807) is 6.07 Å². The number of fused-ring (bicyclic) bond motifs is 1. The van der Waals surface area contributed by atoms with Crippen LogP contribution in [0.4, 0.5) is 4.39 Å². The summed E-state index contributed by atoms with van der Waals surface area (Å²) < 4.78 is 22.4. The van der Waals surface area contributed by atoms with E-state index in [1.165, 1.54) is 6.07 Å². The summed E-state index contributed by atoms with van der Waals surface area (Å²) in [6.45, 7) is 5.80. The van der Waals surface area contributed by atoms with Gasteiger partial charge in [0.15, 0.2) is 0 Å². The van der Waals surface area contributed by atoms with Gasteiger partial charge in [-0.1, -0.05) is 24.3 Å². The molecule has 1 aliphatic rings. The van der Waals surface area contributed by atoms with E-state index in [9.17, 15) is 14.4 Å². The number of benzene rings is 2. The minimum atomic E-state index is -0.846. The third-order valence-electron chi connectivity index (χ3n) is 5.81. The maximum absolute atomic E-state index is 15.0. The van der Waals surface area contributed by atoms with Crippen LogP contribution in [0.2, 0.25) is 0 Å². The fourth-order valence-corrected chi connectivity index (χ4v) is 4.02. The standard InChI is InChI=1S/C25H28FN5O2/c1-16(2)31-23-12-18(5-7-20(23)14-29-31)17-4-6-19(22(26)11-17)10-21(13-27)30-25(32)24-15-28-8-3-9-33-24/h4-7,11-12,14,16,21,24,28H,3,8-10,15H2,1-2H3,(H,30,32). The van der Waals surface area contributed by atoms with Crippen molar-refractivity contribution >= 4 is 16.8 Å². The van der Waals surface area contributed by atoms with Gasteiger partial charge in [-0.15, -0.1) is 0 Å². The van der Waals surface area contributed by atoms with E-state index < -0.39 is 18.0 Å². The van der Waals surface area contributed by atoms with Gasteiger partial charge in [-0.05, 0) is 55.6 Å². The number of nitrogens with one attached hydrogen (secondary N) is 2. The van der Waals surface area contributed by atoms with E-state index in [2.05, 4.69) is 35.6 Å². The lowest BCUT2D eigenvalue weighted by molar-refractivity contribution is -0.132. The van der Waals surface area contributed by atoms with Gasteiger partial charge >= 0.3 is 0 Å². The Morgan fingerprint density at radius 2 is 2.12 bits per heavy atom. The van der Waals surface area contributed by atoms with Crippen LogP contribution in [0.25, 0.3) is 22.0 Å². The summed E-state index contributed by atoms with van der Waals surface area (Å²) in [5, 5.41) is 20.8. The Hall–Kier alpha value is -3.28. The molecule has 0 bridgehead atoms. The highest BCUT2D eigenvalue weighted by Gasteiger charge is 2.24. The van der Waals surface area contributed by atoms with Crippen LogP contribution in [0.1, 0.15) is 31.9 Å². The first-order valence-electron chi connectivity index (χ1n) is 11.2. The molecule has 0 aliphatic carbocycles. The van der Waals surface area contributed by atoms with Crippen molar-refractivity contribution in [2.45, 2.75) is 44.9 Å². The van der Waals surface area contributed by atoms with Gasteiger partial charge in [0.2, 0.25) is 0 Å². The van der Waals surface area contributed by atoms with Gasteiger partial charge in [0.1, 0.15) is 18.0 Å². The van der Waals surface area contributed by atoms with E-state index in [1.807, 2.05) is 35.1 Å². The van der Waals surface area contributed by atoms with Gasteiger partial charge in [0.25, 0.3) is 5.91 Å². The van der Waals surface area contributed by atoms with Crippen molar-refractivity contribution in [3.05, 3.63) is 54.0 Å². The number of hydrogen-bond acceptors (Lipinski definition) is 5. The molecule has 0 spiro atoms. The Morgan fingerprint density at radius 3 is 2.88 bits per heavy atom. The van der Waals surface area contributed by atoms with Crippen LogP contribution in [0.15, 0.2) is 42.6 Å². The van der Waals surface area contributed by atoms with Crippen molar-refractivity contribution in [3.63, 3.8) is 0 Å². The van der Waals surface area contributed by atoms with E-state index in [0.717, 1.165) is 35.0 Å². The van der Waals surface area contributed by atoms with Crippen LogP contribution in [-0.4, -0.2) is 47.5 Å². The smallest absolute Gasteiger partial charge is 0.251 e. The number of carbonyl (C=O) groups is 1. The van der Waals surface area contributed by atoms with Gasteiger partial charge in [-0.25, -0.2) is 4.39 Å². The normalized spacial score (nSPS) is 17.5. The highest BCUT2D eigenvalue weighted by Crippen LogP contribution is 2.27. The third kappa shape index (κ3) is 5.21. The summed E-state index contributed by atoms with van der Waals surface area (Å²) in [5.41, 5.74) is 3.00. The van der Waals surface area contributed by atoms with Gasteiger partial charge in [-0.3, -0.25) is 9.48 Å². The molecule has 3 aromatic rings. The summed E-state index contributed by atoms with van der Waals surface area (Å²) in [4.78, 5) is 12.5. The largest absolute Gasteiger partial charge is 0.367 e. The molecule has 2 aromatic carbocycles. The number of ether oxygens (including phenoxy) is 1. The van der Waals surface area contributed by atoms with Gasteiger partial charge in [0, 0.05) is 31.0 Å². The first-order valence-corrected chi connectivity index (χ1v) is 11.2. The maximum atomic E-state index is 15.0. The zero-order valence-corrected chi connectivity index (χ0v) is 18.8. The third-order valence-corrected chi connectivity index (χ3v) is 5.81.